The van der Waals surface area contributed by atoms with Crippen LogP contribution >= 0.6 is 0 Å². The molecule has 37 heavy (non-hydrogen) atoms. The van der Waals surface area contributed by atoms with Gasteiger partial charge in [0.25, 0.3) is 5.91 Å². The molecule has 1 amide bonds. The number of aromatic nitrogens is 2. The third-order valence-corrected chi connectivity index (χ3v) is 6.38. The Morgan fingerprint density at radius 2 is 1.51 bits per heavy atom. The number of benzene rings is 3. The fourth-order valence-electron chi connectivity index (χ4n) is 4.37. The predicted octanol–water partition coefficient (Wildman–Crippen LogP) is 4.05. The molecule has 0 spiro atoms. The summed E-state index contributed by atoms with van der Waals surface area (Å²) in [5.41, 5.74) is 3.39. The number of ether oxygens (including phenoxy) is 2. The molecule has 2 heterocycles. The van der Waals surface area contributed by atoms with E-state index < -0.39 is 5.97 Å². The first-order valence-corrected chi connectivity index (χ1v) is 12.2. The average molecular weight is 497 g/mol. The van der Waals surface area contributed by atoms with E-state index in [0.29, 0.717) is 30.1 Å². The van der Waals surface area contributed by atoms with Crippen molar-refractivity contribution >= 4 is 17.6 Å². The van der Waals surface area contributed by atoms with E-state index in [1.54, 1.807) is 22.9 Å². The molecule has 0 aliphatic carbocycles. The van der Waals surface area contributed by atoms with Crippen LogP contribution in [0.2, 0.25) is 0 Å². The highest BCUT2D eigenvalue weighted by Crippen LogP contribution is 2.27. The first-order chi connectivity index (χ1) is 18.1. The molecule has 8 nitrogen and oxygen atoms in total. The fraction of sp³-hybridized carbons (Fsp3) is 0.207. The predicted molar refractivity (Wildman–Crippen MR) is 141 cm³/mol. The number of carbonyl (C=O) groups excluding carboxylic acids is 2. The number of hydrogen-bond donors (Lipinski definition) is 0. The molecule has 0 saturated carbocycles. The molecule has 1 saturated heterocycles. The monoisotopic (exact) mass is 496 g/mol. The second-order valence-corrected chi connectivity index (χ2v) is 8.68. The van der Waals surface area contributed by atoms with Gasteiger partial charge in [0.15, 0.2) is 6.61 Å². The lowest BCUT2D eigenvalue weighted by molar-refractivity contribution is -0.134. The van der Waals surface area contributed by atoms with Crippen LogP contribution in [-0.4, -0.2) is 66.5 Å². The van der Waals surface area contributed by atoms with Gasteiger partial charge in [-0.15, -0.1) is 0 Å². The number of piperazine rings is 1. The van der Waals surface area contributed by atoms with Crippen LogP contribution in [0.15, 0.2) is 91.1 Å². The molecule has 1 fully saturated rings. The minimum atomic E-state index is -0.601. The summed E-state index contributed by atoms with van der Waals surface area (Å²) in [6.07, 6.45) is 1.63. The van der Waals surface area contributed by atoms with E-state index >= 15 is 0 Å². The van der Waals surface area contributed by atoms with Crippen molar-refractivity contribution in [2.45, 2.75) is 0 Å². The topological polar surface area (TPSA) is 76.9 Å². The van der Waals surface area contributed by atoms with Crippen molar-refractivity contribution in [2.75, 3.05) is 44.8 Å². The molecular weight excluding hydrogens is 468 g/mol. The highest BCUT2D eigenvalue weighted by Gasteiger charge is 2.25. The number of hydrogen-bond acceptors (Lipinski definition) is 6. The van der Waals surface area contributed by atoms with Gasteiger partial charge in [-0.1, -0.05) is 48.5 Å². The van der Waals surface area contributed by atoms with E-state index in [0.717, 1.165) is 24.5 Å². The average Bonchev–Trinajstić information content (AvgIpc) is 3.43. The van der Waals surface area contributed by atoms with Crippen LogP contribution in [0.1, 0.15) is 10.4 Å². The SMILES string of the molecule is COc1cccc(-c2nn(-c3ccccc3)cc2C(=O)OCC(=O)N2CCN(c3ccccc3)CC2)c1. The van der Waals surface area contributed by atoms with Gasteiger partial charge < -0.3 is 19.3 Å². The number of amides is 1. The van der Waals surface area contributed by atoms with Crippen LogP contribution in [0.3, 0.4) is 0 Å². The number of nitrogens with zero attached hydrogens (tertiary/aromatic N) is 4. The summed E-state index contributed by atoms with van der Waals surface area (Å²) < 4.78 is 12.5. The number of esters is 1. The van der Waals surface area contributed by atoms with Crippen molar-refractivity contribution in [3.63, 3.8) is 0 Å². The van der Waals surface area contributed by atoms with E-state index in [2.05, 4.69) is 22.1 Å². The van der Waals surface area contributed by atoms with Gasteiger partial charge in [0.05, 0.1) is 12.8 Å². The number of anilines is 1. The minimum Gasteiger partial charge on any atom is -0.497 e. The molecule has 1 aliphatic rings. The van der Waals surface area contributed by atoms with Gasteiger partial charge in [-0.2, -0.15) is 5.10 Å². The zero-order valence-electron chi connectivity index (χ0n) is 20.6. The van der Waals surface area contributed by atoms with Crippen molar-refractivity contribution in [1.82, 2.24) is 14.7 Å². The number of para-hydroxylation sites is 2. The van der Waals surface area contributed by atoms with E-state index in [1.807, 2.05) is 72.8 Å². The second-order valence-electron chi connectivity index (χ2n) is 8.68. The lowest BCUT2D eigenvalue weighted by Gasteiger charge is -2.36. The molecule has 3 aromatic carbocycles. The third-order valence-electron chi connectivity index (χ3n) is 6.38. The molecule has 8 heteroatoms. The first-order valence-electron chi connectivity index (χ1n) is 12.2. The van der Waals surface area contributed by atoms with Crippen LogP contribution < -0.4 is 9.64 Å². The maximum absolute atomic E-state index is 13.2. The Kier molecular flexibility index (Phi) is 7.16. The number of methoxy groups -OCH3 is 1. The maximum Gasteiger partial charge on any atom is 0.342 e. The second kappa shape index (κ2) is 11.0. The molecular formula is C29H28N4O4. The molecule has 188 valence electrons. The summed E-state index contributed by atoms with van der Waals surface area (Å²) >= 11 is 0. The van der Waals surface area contributed by atoms with Crippen LogP contribution in [0.5, 0.6) is 5.75 Å². The van der Waals surface area contributed by atoms with Crippen molar-refractivity contribution in [3.8, 4) is 22.7 Å². The van der Waals surface area contributed by atoms with Crippen LogP contribution in [0, 0.1) is 0 Å². The molecule has 4 aromatic rings. The van der Waals surface area contributed by atoms with Crippen molar-refractivity contribution in [3.05, 3.63) is 96.7 Å². The van der Waals surface area contributed by atoms with Crippen molar-refractivity contribution < 1.29 is 19.1 Å². The van der Waals surface area contributed by atoms with Crippen molar-refractivity contribution in [2.24, 2.45) is 0 Å². The van der Waals surface area contributed by atoms with Crippen molar-refractivity contribution in [1.29, 1.82) is 0 Å². The van der Waals surface area contributed by atoms with Crippen LogP contribution in [-0.2, 0) is 9.53 Å². The summed E-state index contributed by atoms with van der Waals surface area (Å²) in [6, 6.07) is 27.0. The van der Waals surface area contributed by atoms with E-state index in [-0.39, 0.29) is 18.1 Å². The Balaban J connectivity index is 1.29. The molecule has 1 aromatic heterocycles. The fourth-order valence-corrected chi connectivity index (χ4v) is 4.37. The summed E-state index contributed by atoms with van der Waals surface area (Å²) in [7, 11) is 1.59. The Labute approximate surface area is 215 Å². The summed E-state index contributed by atoms with van der Waals surface area (Å²) in [5.74, 6) is -0.161. The van der Waals surface area contributed by atoms with Gasteiger partial charge in [0.2, 0.25) is 0 Å². The summed E-state index contributed by atoms with van der Waals surface area (Å²) in [4.78, 5) is 30.0. The lowest BCUT2D eigenvalue weighted by atomic mass is 10.1. The number of carbonyl (C=O) groups is 2. The first kappa shape index (κ1) is 24.1. The molecule has 0 unspecified atom stereocenters. The molecule has 5 rings (SSSR count). The van der Waals surface area contributed by atoms with Gasteiger partial charge in [0.1, 0.15) is 17.0 Å². The molecule has 0 bridgehead atoms. The third kappa shape index (κ3) is 5.48. The van der Waals surface area contributed by atoms with Gasteiger partial charge in [0, 0.05) is 43.6 Å². The summed E-state index contributed by atoms with van der Waals surface area (Å²) in [6.45, 7) is 2.29. The standard InChI is InChI=1S/C29H28N4O4/c1-36-25-14-8-9-22(19-25)28-26(20-33(30-28)24-12-6-3-7-13-24)29(35)37-21-27(34)32-17-15-31(16-18-32)23-10-4-2-5-11-23/h2-14,19-20H,15-18,21H2,1H3. The largest absolute Gasteiger partial charge is 0.497 e. The van der Waals surface area contributed by atoms with Crippen LogP contribution in [0.25, 0.3) is 16.9 Å². The van der Waals surface area contributed by atoms with E-state index in [1.165, 1.54) is 0 Å². The Morgan fingerprint density at radius 3 is 2.19 bits per heavy atom. The smallest absolute Gasteiger partial charge is 0.342 e. The van der Waals surface area contributed by atoms with Gasteiger partial charge in [-0.05, 0) is 36.4 Å². The highest BCUT2D eigenvalue weighted by atomic mass is 16.5. The van der Waals surface area contributed by atoms with E-state index in [4.69, 9.17) is 9.47 Å². The lowest BCUT2D eigenvalue weighted by Crippen LogP contribution is -2.49. The van der Waals surface area contributed by atoms with Gasteiger partial charge >= 0.3 is 5.97 Å². The Hall–Kier alpha value is -4.59. The Bertz CT molecular complexity index is 1360. The van der Waals surface area contributed by atoms with E-state index in [9.17, 15) is 9.59 Å². The zero-order valence-corrected chi connectivity index (χ0v) is 20.6. The van der Waals surface area contributed by atoms with Crippen LogP contribution in [0.4, 0.5) is 5.69 Å². The van der Waals surface area contributed by atoms with Gasteiger partial charge in [-0.3, -0.25) is 4.79 Å². The quantitative estimate of drug-likeness (QED) is 0.359. The Morgan fingerprint density at radius 1 is 0.838 bits per heavy atom. The minimum absolute atomic E-state index is 0.209. The zero-order chi connectivity index (χ0) is 25.6. The number of rotatable bonds is 7. The molecule has 0 radical (unpaired) electrons. The summed E-state index contributed by atoms with van der Waals surface area (Å²) in [5, 5.41) is 4.66. The normalized spacial score (nSPS) is 13.3. The highest BCUT2D eigenvalue weighted by molar-refractivity contribution is 5.97. The maximum atomic E-state index is 13.2. The van der Waals surface area contributed by atoms with Gasteiger partial charge in [-0.25, -0.2) is 9.48 Å². The molecule has 1 aliphatic heterocycles. The molecule has 0 N–H and O–H groups in total. The molecule has 0 atom stereocenters.